The van der Waals surface area contributed by atoms with E-state index < -0.39 is 18.5 Å². The predicted octanol–water partition coefficient (Wildman–Crippen LogP) is 3.02. The van der Waals surface area contributed by atoms with Crippen molar-refractivity contribution in [3.05, 3.63) is 65.2 Å². The van der Waals surface area contributed by atoms with Crippen LogP contribution in [0.25, 0.3) is 0 Å². The molecule has 2 aromatic carbocycles. The molecule has 5 heteroatoms. The second-order valence-electron chi connectivity index (χ2n) is 5.43. The van der Waals surface area contributed by atoms with Gasteiger partial charge in [-0.15, -0.1) is 0 Å². The highest BCUT2D eigenvalue weighted by Gasteiger charge is 2.18. The molecule has 0 fully saturated rings. The van der Waals surface area contributed by atoms with Crippen molar-refractivity contribution in [2.75, 3.05) is 18.1 Å². The Hall–Kier alpha value is -3.13. The molecule has 0 atom stereocenters. The first-order valence-corrected chi connectivity index (χ1v) is 7.49. The van der Waals surface area contributed by atoms with Crippen LogP contribution in [0, 0.1) is 25.2 Å². The van der Waals surface area contributed by atoms with Crippen molar-refractivity contribution in [2.24, 2.45) is 0 Å². The highest BCUT2D eigenvalue weighted by atomic mass is 16.5. The van der Waals surface area contributed by atoms with Gasteiger partial charge in [0.1, 0.15) is 6.54 Å². The van der Waals surface area contributed by atoms with E-state index in [0.717, 1.165) is 11.1 Å². The summed E-state index contributed by atoms with van der Waals surface area (Å²) in [6.45, 7) is 3.25. The molecule has 1 amide bonds. The Morgan fingerprint density at radius 3 is 2.29 bits per heavy atom. The number of nitriles is 1. The van der Waals surface area contributed by atoms with E-state index in [1.165, 1.54) is 4.90 Å². The summed E-state index contributed by atoms with van der Waals surface area (Å²) < 4.78 is 5.11. The molecular weight excluding hydrogens is 304 g/mol. The van der Waals surface area contributed by atoms with Gasteiger partial charge in [-0.05, 0) is 38.1 Å². The number of aryl methyl sites for hydroxylation is 2. The zero-order chi connectivity index (χ0) is 17.5. The number of carbonyl (C=O) groups excluding carboxylic acids is 2. The fourth-order valence-electron chi connectivity index (χ4n) is 2.38. The zero-order valence-corrected chi connectivity index (χ0v) is 13.7. The summed E-state index contributed by atoms with van der Waals surface area (Å²) in [5, 5.41) is 8.91. The molecule has 0 N–H and O–H groups in total. The molecule has 0 saturated carbocycles. The van der Waals surface area contributed by atoms with Gasteiger partial charge in [-0.1, -0.05) is 35.4 Å². The molecule has 0 saturated heterocycles. The maximum Gasteiger partial charge on any atom is 0.338 e. The molecule has 24 heavy (non-hydrogen) atoms. The van der Waals surface area contributed by atoms with E-state index in [9.17, 15) is 9.59 Å². The molecule has 2 aromatic rings. The Morgan fingerprint density at radius 2 is 1.71 bits per heavy atom. The molecule has 0 spiro atoms. The standard InChI is InChI=1S/C19H18N2O3/c1-14-10-15(2)12-16(11-14)19(23)24-13-18(22)21(9-8-20)17-6-4-3-5-7-17/h3-7,10-12H,9,13H2,1-2H3. The second kappa shape index (κ2) is 7.93. The zero-order valence-electron chi connectivity index (χ0n) is 13.7. The number of esters is 1. The third kappa shape index (κ3) is 4.43. The largest absolute Gasteiger partial charge is 0.452 e. The molecule has 0 aromatic heterocycles. The van der Waals surface area contributed by atoms with Crippen molar-refractivity contribution >= 4 is 17.6 Å². The minimum Gasteiger partial charge on any atom is -0.452 e. The molecule has 0 bridgehead atoms. The summed E-state index contributed by atoms with van der Waals surface area (Å²) in [7, 11) is 0. The third-order valence-electron chi connectivity index (χ3n) is 3.38. The second-order valence-corrected chi connectivity index (χ2v) is 5.43. The SMILES string of the molecule is Cc1cc(C)cc(C(=O)OCC(=O)N(CC#N)c2ccccc2)c1. The van der Waals surface area contributed by atoms with E-state index in [1.807, 2.05) is 32.0 Å². The third-order valence-corrected chi connectivity index (χ3v) is 3.38. The fraction of sp³-hybridized carbons (Fsp3) is 0.211. The Morgan fingerprint density at radius 1 is 1.08 bits per heavy atom. The number of hydrogen-bond acceptors (Lipinski definition) is 4. The average molecular weight is 322 g/mol. The lowest BCUT2D eigenvalue weighted by Gasteiger charge is -2.19. The van der Waals surface area contributed by atoms with Gasteiger partial charge in [-0.3, -0.25) is 9.69 Å². The first kappa shape index (κ1) is 17.2. The van der Waals surface area contributed by atoms with E-state index >= 15 is 0 Å². The van der Waals surface area contributed by atoms with Crippen LogP contribution >= 0.6 is 0 Å². The van der Waals surface area contributed by atoms with Crippen LogP contribution in [-0.2, 0) is 9.53 Å². The molecule has 0 aliphatic heterocycles. The minimum absolute atomic E-state index is 0.107. The lowest BCUT2D eigenvalue weighted by Crippen LogP contribution is -2.35. The number of carbonyl (C=O) groups is 2. The lowest BCUT2D eigenvalue weighted by atomic mass is 10.1. The molecule has 2 rings (SSSR count). The van der Waals surface area contributed by atoms with Crippen LogP contribution < -0.4 is 4.90 Å². The Kier molecular flexibility index (Phi) is 5.69. The number of amides is 1. The molecule has 0 aliphatic rings. The van der Waals surface area contributed by atoms with E-state index in [1.54, 1.807) is 36.4 Å². The van der Waals surface area contributed by atoms with Crippen LogP contribution in [0.4, 0.5) is 5.69 Å². The number of rotatable bonds is 5. The monoisotopic (exact) mass is 322 g/mol. The van der Waals surface area contributed by atoms with Gasteiger partial charge in [-0.2, -0.15) is 5.26 Å². The summed E-state index contributed by atoms with van der Waals surface area (Å²) in [4.78, 5) is 25.7. The summed E-state index contributed by atoms with van der Waals surface area (Å²) >= 11 is 0. The number of ether oxygens (including phenoxy) is 1. The van der Waals surface area contributed by atoms with Gasteiger partial charge in [0.05, 0.1) is 11.6 Å². The lowest BCUT2D eigenvalue weighted by molar-refractivity contribution is -0.121. The Bertz CT molecular complexity index is 759. The minimum atomic E-state index is -0.555. The molecule has 0 radical (unpaired) electrons. The Balaban J connectivity index is 2.05. The highest BCUT2D eigenvalue weighted by Crippen LogP contribution is 2.14. The number of hydrogen-bond donors (Lipinski definition) is 0. The van der Waals surface area contributed by atoms with Crippen molar-refractivity contribution in [3.63, 3.8) is 0 Å². The first-order valence-electron chi connectivity index (χ1n) is 7.49. The van der Waals surface area contributed by atoms with Crippen LogP contribution in [0.5, 0.6) is 0 Å². The maximum atomic E-state index is 12.3. The number of benzene rings is 2. The normalized spacial score (nSPS) is 9.88. The molecule has 0 heterocycles. The Labute approximate surface area is 141 Å². The average Bonchev–Trinajstić information content (AvgIpc) is 2.57. The van der Waals surface area contributed by atoms with Gasteiger partial charge in [-0.25, -0.2) is 4.79 Å². The van der Waals surface area contributed by atoms with E-state index in [4.69, 9.17) is 10.00 Å². The maximum absolute atomic E-state index is 12.3. The highest BCUT2D eigenvalue weighted by molar-refractivity contribution is 5.97. The van der Waals surface area contributed by atoms with Gasteiger partial charge in [0.25, 0.3) is 5.91 Å². The summed E-state index contributed by atoms with van der Waals surface area (Å²) in [6, 6.07) is 16.1. The van der Waals surface area contributed by atoms with Crippen molar-refractivity contribution in [3.8, 4) is 6.07 Å². The summed E-state index contributed by atoms with van der Waals surface area (Å²) in [5.74, 6) is -0.999. The van der Waals surface area contributed by atoms with Crippen LogP contribution in [0.2, 0.25) is 0 Å². The van der Waals surface area contributed by atoms with Crippen molar-refractivity contribution in [1.82, 2.24) is 0 Å². The number of nitrogens with zero attached hydrogens (tertiary/aromatic N) is 2. The van der Waals surface area contributed by atoms with Gasteiger partial charge >= 0.3 is 5.97 Å². The topological polar surface area (TPSA) is 70.4 Å². The van der Waals surface area contributed by atoms with Gasteiger partial charge in [0, 0.05) is 5.69 Å². The van der Waals surface area contributed by atoms with E-state index in [0.29, 0.717) is 11.3 Å². The fourth-order valence-corrected chi connectivity index (χ4v) is 2.38. The number of anilines is 1. The molecular formula is C19H18N2O3. The van der Waals surface area contributed by atoms with Gasteiger partial charge < -0.3 is 4.74 Å². The van der Waals surface area contributed by atoms with Crippen LogP contribution in [0.3, 0.4) is 0 Å². The van der Waals surface area contributed by atoms with E-state index in [2.05, 4.69) is 0 Å². The molecule has 0 aliphatic carbocycles. The van der Waals surface area contributed by atoms with E-state index in [-0.39, 0.29) is 6.54 Å². The van der Waals surface area contributed by atoms with Crippen molar-refractivity contribution in [1.29, 1.82) is 5.26 Å². The molecule has 122 valence electrons. The van der Waals surface area contributed by atoms with Gasteiger partial charge in [0.2, 0.25) is 0 Å². The van der Waals surface area contributed by atoms with Crippen LogP contribution in [0.15, 0.2) is 48.5 Å². The smallest absolute Gasteiger partial charge is 0.338 e. The van der Waals surface area contributed by atoms with Crippen molar-refractivity contribution < 1.29 is 14.3 Å². The predicted molar refractivity (Wildman–Crippen MR) is 90.6 cm³/mol. The molecule has 5 nitrogen and oxygen atoms in total. The summed E-state index contributed by atoms with van der Waals surface area (Å²) in [5.41, 5.74) is 2.89. The quantitative estimate of drug-likeness (QED) is 0.627. The number of para-hydroxylation sites is 1. The first-order chi connectivity index (χ1) is 11.5. The summed E-state index contributed by atoms with van der Waals surface area (Å²) in [6.07, 6.45) is 0. The molecule has 0 unspecified atom stereocenters. The van der Waals surface area contributed by atoms with Gasteiger partial charge in [0.15, 0.2) is 6.61 Å². The van der Waals surface area contributed by atoms with Crippen molar-refractivity contribution in [2.45, 2.75) is 13.8 Å². The van der Waals surface area contributed by atoms with Crippen LogP contribution in [-0.4, -0.2) is 25.0 Å². The van der Waals surface area contributed by atoms with Crippen LogP contribution in [0.1, 0.15) is 21.5 Å².